The van der Waals surface area contributed by atoms with Crippen LogP contribution in [0.4, 0.5) is 10.8 Å². The first-order chi connectivity index (χ1) is 12.3. The van der Waals surface area contributed by atoms with Crippen molar-refractivity contribution in [2.45, 2.75) is 26.2 Å². The molecule has 6 nitrogen and oxygen atoms in total. The maximum Gasteiger partial charge on any atom is 0.229 e. The fourth-order valence-electron chi connectivity index (χ4n) is 2.96. The standard InChI is InChI=1S/C18H24N4O2S/c1-2-24-13-10-16-20-21-18(25-16)19-17(23)14-8-11-22(12-9-14)15-6-4-3-5-7-15/h3-7,14H,2,8-13H2,1H3,(H,19,21,23). The van der Waals surface area contributed by atoms with E-state index in [0.717, 1.165) is 37.4 Å². The average Bonchev–Trinajstić information content (AvgIpc) is 3.10. The molecule has 1 aromatic carbocycles. The molecule has 1 aliphatic rings. The van der Waals surface area contributed by atoms with Crippen LogP contribution in [0.3, 0.4) is 0 Å². The molecule has 0 bridgehead atoms. The number of carbonyl (C=O) groups is 1. The zero-order valence-corrected chi connectivity index (χ0v) is 15.3. The van der Waals surface area contributed by atoms with E-state index in [1.165, 1.54) is 17.0 Å². The number of benzene rings is 1. The summed E-state index contributed by atoms with van der Waals surface area (Å²) < 4.78 is 5.32. The molecular formula is C18H24N4O2S. The Balaban J connectivity index is 1.46. The highest BCUT2D eigenvalue weighted by molar-refractivity contribution is 7.15. The number of rotatable bonds is 7. The van der Waals surface area contributed by atoms with Crippen LogP contribution < -0.4 is 10.2 Å². The SMILES string of the molecule is CCOCCc1nnc(NC(=O)C2CCN(c3ccccc3)CC2)s1. The highest BCUT2D eigenvalue weighted by atomic mass is 32.1. The molecule has 2 aromatic rings. The van der Waals surface area contributed by atoms with Gasteiger partial charge in [0.1, 0.15) is 5.01 Å². The van der Waals surface area contributed by atoms with Gasteiger partial charge >= 0.3 is 0 Å². The minimum Gasteiger partial charge on any atom is -0.381 e. The van der Waals surface area contributed by atoms with Crippen LogP contribution in [0.5, 0.6) is 0 Å². The van der Waals surface area contributed by atoms with Gasteiger partial charge in [-0.25, -0.2) is 0 Å². The Labute approximate surface area is 152 Å². The summed E-state index contributed by atoms with van der Waals surface area (Å²) in [6.45, 7) is 5.10. The molecule has 1 amide bonds. The Kier molecular flexibility index (Phi) is 6.36. The minimum absolute atomic E-state index is 0.0377. The summed E-state index contributed by atoms with van der Waals surface area (Å²) in [6.07, 6.45) is 2.45. The van der Waals surface area contributed by atoms with E-state index in [9.17, 15) is 4.79 Å². The summed E-state index contributed by atoms with van der Waals surface area (Å²) in [5.41, 5.74) is 1.23. The van der Waals surface area contributed by atoms with Gasteiger partial charge < -0.3 is 15.0 Å². The number of aromatic nitrogens is 2. The summed E-state index contributed by atoms with van der Waals surface area (Å²) in [5.74, 6) is 0.0935. The van der Waals surface area contributed by atoms with Gasteiger partial charge in [-0.3, -0.25) is 4.79 Å². The van der Waals surface area contributed by atoms with Crippen molar-refractivity contribution in [3.05, 3.63) is 35.3 Å². The number of amides is 1. The first kappa shape index (κ1) is 17.8. The lowest BCUT2D eigenvalue weighted by atomic mass is 9.95. The average molecular weight is 360 g/mol. The van der Waals surface area contributed by atoms with E-state index in [0.29, 0.717) is 18.3 Å². The Bertz CT molecular complexity index is 669. The lowest BCUT2D eigenvalue weighted by Gasteiger charge is -2.32. The van der Waals surface area contributed by atoms with Crippen LogP contribution in [0.2, 0.25) is 0 Å². The summed E-state index contributed by atoms with van der Waals surface area (Å²) in [7, 11) is 0. The molecular weight excluding hydrogens is 336 g/mol. The Morgan fingerprint density at radius 3 is 2.76 bits per heavy atom. The van der Waals surface area contributed by atoms with Crippen molar-refractivity contribution in [2.24, 2.45) is 5.92 Å². The number of hydrogen-bond acceptors (Lipinski definition) is 6. The fourth-order valence-corrected chi connectivity index (χ4v) is 3.68. The van der Waals surface area contributed by atoms with Crippen LogP contribution in [-0.2, 0) is 16.0 Å². The second-order valence-corrected chi connectivity index (χ2v) is 7.10. The molecule has 3 rings (SSSR count). The molecule has 0 unspecified atom stereocenters. The van der Waals surface area contributed by atoms with E-state index < -0.39 is 0 Å². The van der Waals surface area contributed by atoms with Crippen molar-refractivity contribution in [3.8, 4) is 0 Å². The summed E-state index contributed by atoms with van der Waals surface area (Å²) >= 11 is 1.43. The molecule has 0 saturated carbocycles. The molecule has 134 valence electrons. The van der Waals surface area contributed by atoms with E-state index >= 15 is 0 Å². The number of carbonyl (C=O) groups excluding carboxylic acids is 1. The molecule has 0 spiro atoms. The van der Waals surface area contributed by atoms with Crippen LogP contribution in [0, 0.1) is 5.92 Å². The summed E-state index contributed by atoms with van der Waals surface area (Å²) in [5, 5.41) is 12.6. The predicted molar refractivity (Wildman–Crippen MR) is 100 cm³/mol. The number of nitrogens with one attached hydrogen (secondary N) is 1. The molecule has 2 heterocycles. The van der Waals surface area contributed by atoms with Gasteiger partial charge in [0.05, 0.1) is 6.61 Å². The molecule has 0 atom stereocenters. The van der Waals surface area contributed by atoms with Gasteiger partial charge in [-0.05, 0) is 31.9 Å². The van der Waals surface area contributed by atoms with Crippen LogP contribution in [0.15, 0.2) is 30.3 Å². The third-order valence-electron chi connectivity index (χ3n) is 4.35. The van der Waals surface area contributed by atoms with Crippen LogP contribution in [0.25, 0.3) is 0 Å². The zero-order chi connectivity index (χ0) is 17.5. The van der Waals surface area contributed by atoms with Crippen LogP contribution in [-0.4, -0.2) is 42.4 Å². The van der Waals surface area contributed by atoms with E-state index in [2.05, 4.69) is 32.5 Å². The van der Waals surface area contributed by atoms with E-state index in [1.54, 1.807) is 0 Å². The van der Waals surface area contributed by atoms with Crippen molar-refractivity contribution in [1.29, 1.82) is 0 Å². The Hall–Kier alpha value is -1.99. The molecule has 0 radical (unpaired) electrons. The number of ether oxygens (including phenoxy) is 1. The largest absolute Gasteiger partial charge is 0.381 e. The lowest BCUT2D eigenvalue weighted by Crippen LogP contribution is -2.38. The monoisotopic (exact) mass is 360 g/mol. The van der Waals surface area contributed by atoms with E-state index in [4.69, 9.17) is 4.74 Å². The van der Waals surface area contributed by atoms with Gasteiger partial charge in [0, 0.05) is 37.7 Å². The van der Waals surface area contributed by atoms with Crippen LogP contribution in [0.1, 0.15) is 24.8 Å². The number of para-hydroxylation sites is 1. The number of hydrogen-bond donors (Lipinski definition) is 1. The summed E-state index contributed by atoms with van der Waals surface area (Å²) in [4.78, 5) is 14.8. The van der Waals surface area contributed by atoms with Gasteiger partial charge in [-0.1, -0.05) is 29.5 Å². The van der Waals surface area contributed by atoms with E-state index in [1.807, 2.05) is 25.1 Å². The van der Waals surface area contributed by atoms with Gasteiger partial charge in [0.2, 0.25) is 11.0 Å². The van der Waals surface area contributed by atoms with Crippen molar-refractivity contribution < 1.29 is 9.53 Å². The predicted octanol–water partition coefficient (Wildman–Crippen LogP) is 2.97. The second-order valence-electron chi connectivity index (χ2n) is 6.03. The van der Waals surface area contributed by atoms with Crippen molar-refractivity contribution in [3.63, 3.8) is 0 Å². The topological polar surface area (TPSA) is 67.4 Å². The zero-order valence-electron chi connectivity index (χ0n) is 14.5. The Morgan fingerprint density at radius 2 is 2.04 bits per heavy atom. The first-order valence-corrected chi connectivity index (χ1v) is 9.59. The lowest BCUT2D eigenvalue weighted by molar-refractivity contribution is -0.120. The molecule has 1 N–H and O–H groups in total. The summed E-state index contributed by atoms with van der Waals surface area (Å²) in [6, 6.07) is 10.4. The van der Waals surface area contributed by atoms with Gasteiger partial charge in [-0.15, -0.1) is 10.2 Å². The molecule has 1 fully saturated rings. The maximum absolute atomic E-state index is 12.5. The third kappa shape index (κ3) is 4.99. The van der Waals surface area contributed by atoms with Gasteiger partial charge in [0.25, 0.3) is 0 Å². The molecule has 1 aliphatic heterocycles. The fraction of sp³-hybridized carbons (Fsp3) is 0.500. The molecule has 1 saturated heterocycles. The second kappa shape index (κ2) is 8.92. The van der Waals surface area contributed by atoms with E-state index in [-0.39, 0.29) is 11.8 Å². The van der Waals surface area contributed by atoms with Crippen LogP contribution >= 0.6 is 11.3 Å². The number of piperidine rings is 1. The molecule has 0 aliphatic carbocycles. The van der Waals surface area contributed by atoms with Crippen molar-refractivity contribution >= 4 is 28.1 Å². The van der Waals surface area contributed by atoms with Gasteiger partial charge in [0.15, 0.2) is 0 Å². The maximum atomic E-state index is 12.5. The molecule has 1 aromatic heterocycles. The van der Waals surface area contributed by atoms with Crippen molar-refractivity contribution in [1.82, 2.24) is 10.2 Å². The van der Waals surface area contributed by atoms with Gasteiger partial charge in [-0.2, -0.15) is 0 Å². The quantitative estimate of drug-likeness (QED) is 0.769. The first-order valence-electron chi connectivity index (χ1n) is 8.77. The molecule has 25 heavy (non-hydrogen) atoms. The number of nitrogens with zero attached hydrogens (tertiary/aromatic N) is 3. The molecule has 7 heteroatoms. The van der Waals surface area contributed by atoms with Crippen molar-refractivity contribution in [2.75, 3.05) is 36.5 Å². The Morgan fingerprint density at radius 1 is 1.28 bits per heavy atom. The highest BCUT2D eigenvalue weighted by Gasteiger charge is 2.25. The smallest absolute Gasteiger partial charge is 0.229 e. The number of anilines is 2. The normalized spacial score (nSPS) is 15.3. The highest BCUT2D eigenvalue weighted by Crippen LogP contribution is 2.25. The minimum atomic E-state index is 0.0377. The third-order valence-corrected chi connectivity index (χ3v) is 5.25.